The van der Waals surface area contributed by atoms with Gasteiger partial charge in [-0.25, -0.2) is 0 Å². The Morgan fingerprint density at radius 1 is 0.407 bits per heavy atom. The number of hydrogen-bond acceptors (Lipinski definition) is 10. The highest BCUT2D eigenvalue weighted by Gasteiger charge is 2.44. The van der Waals surface area contributed by atoms with E-state index in [4.69, 9.17) is 14.2 Å². The van der Waals surface area contributed by atoms with Gasteiger partial charge in [-0.15, -0.1) is 0 Å². The molecule has 0 aromatic rings. The van der Waals surface area contributed by atoms with E-state index in [0.717, 1.165) is 57.8 Å². The van der Waals surface area contributed by atoms with Gasteiger partial charge in [-0.05, 0) is 77.0 Å². The first kappa shape index (κ1) is 86.6. The summed E-state index contributed by atoms with van der Waals surface area (Å²) < 4.78 is 16.7. The van der Waals surface area contributed by atoms with E-state index in [2.05, 4.69) is 55.6 Å². The van der Waals surface area contributed by atoms with Gasteiger partial charge >= 0.3 is 5.97 Å². The van der Waals surface area contributed by atoms with Crippen molar-refractivity contribution < 1.29 is 49.3 Å². The molecule has 1 fully saturated rings. The maximum atomic E-state index is 13.0. The Labute approximate surface area is 561 Å². The summed E-state index contributed by atoms with van der Waals surface area (Å²) in [6, 6.07) is -0.825. The van der Waals surface area contributed by atoms with Crippen LogP contribution < -0.4 is 5.32 Å². The van der Waals surface area contributed by atoms with Crippen molar-refractivity contribution in [2.45, 2.75) is 429 Å². The van der Waals surface area contributed by atoms with Crippen LogP contribution in [0, 0.1) is 0 Å². The molecule has 0 aromatic carbocycles. The molecule has 11 heteroatoms. The Hall–Kier alpha value is -2.38. The highest BCUT2D eigenvalue weighted by Crippen LogP contribution is 2.24. The number of hydrogen-bond donors (Lipinski definition) is 6. The number of ether oxygens (including phenoxy) is 3. The van der Waals surface area contributed by atoms with Crippen LogP contribution in [0.15, 0.2) is 48.6 Å². The van der Waals surface area contributed by atoms with E-state index in [0.29, 0.717) is 19.4 Å². The minimum atomic E-state index is -1.58. The van der Waals surface area contributed by atoms with E-state index in [-0.39, 0.29) is 18.5 Å². The van der Waals surface area contributed by atoms with Gasteiger partial charge in [-0.1, -0.05) is 345 Å². The van der Waals surface area contributed by atoms with Crippen LogP contribution in [-0.4, -0.2) is 100 Å². The summed E-state index contributed by atoms with van der Waals surface area (Å²) in [5.74, 6) is -0.175. The molecule has 0 bridgehead atoms. The predicted molar refractivity (Wildman–Crippen MR) is 384 cm³/mol. The Morgan fingerprint density at radius 2 is 0.747 bits per heavy atom. The van der Waals surface area contributed by atoms with Gasteiger partial charge in [0.15, 0.2) is 6.29 Å². The largest absolute Gasteiger partial charge is 0.466 e. The standard InChI is InChI=1S/C80H149NO10/c1-3-5-7-9-11-13-15-16-17-18-39-42-45-48-52-56-60-64-68-76(85)89-69-65-61-57-53-49-46-43-40-37-35-33-31-29-27-25-23-21-19-20-22-24-26-28-30-32-34-36-38-41-44-47-51-55-59-63-67-75(84)81-72(71-90-80-79(88)78(87)77(86)74(70-82)91-80)73(83)66-62-58-54-50-14-12-10-8-6-4-2/h14,21,23,27,29,50,62,66,72-74,77-80,82-83,86-88H,3-13,15-20,22,24-26,28,30-49,51-61,63-65,67-71H2,1-2H3,(H,81,84)/b23-21-,29-27-,50-14+,66-62+. The summed E-state index contributed by atoms with van der Waals surface area (Å²) in [5, 5.41) is 54.4. The Kier molecular flexibility index (Phi) is 65.7. The molecule has 1 aliphatic rings. The molecule has 1 rings (SSSR count). The molecular weight excluding hydrogens is 1130 g/mol. The van der Waals surface area contributed by atoms with E-state index in [9.17, 15) is 35.1 Å². The van der Waals surface area contributed by atoms with Gasteiger partial charge < -0.3 is 45.1 Å². The summed E-state index contributed by atoms with van der Waals surface area (Å²) in [6.45, 7) is 4.34. The van der Waals surface area contributed by atoms with Gasteiger partial charge in [0.1, 0.15) is 24.4 Å². The number of amides is 1. The second-order valence-electron chi connectivity index (χ2n) is 27.4. The second-order valence-corrected chi connectivity index (χ2v) is 27.4. The Balaban J connectivity index is 1.88. The maximum Gasteiger partial charge on any atom is 0.305 e. The van der Waals surface area contributed by atoms with Gasteiger partial charge in [0, 0.05) is 12.8 Å². The van der Waals surface area contributed by atoms with Crippen molar-refractivity contribution >= 4 is 11.9 Å². The predicted octanol–water partition coefficient (Wildman–Crippen LogP) is 21.1. The molecule has 0 aliphatic carbocycles. The summed E-state index contributed by atoms with van der Waals surface area (Å²) >= 11 is 0. The molecule has 0 radical (unpaired) electrons. The highest BCUT2D eigenvalue weighted by atomic mass is 16.7. The Morgan fingerprint density at radius 3 is 1.16 bits per heavy atom. The van der Waals surface area contributed by atoms with Crippen LogP contribution in [0.5, 0.6) is 0 Å². The number of carbonyl (C=O) groups is 2. The molecule has 0 spiro atoms. The fraction of sp³-hybridized carbons (Fsp3) is 0.875. The molecule has 1 heterocycles. The van der Waals surface area contributed by atoms with Gasteiger partial charge in [0.25, 0.3) is 0 Å². The summed E-state index contributed by atoms with van der Waals surface area (Å²) in [7, 11) is 0. The minimum Gasteiger partial charge on any atom is -0.466 e. The van der Waals surface area contributed by atoms with Gasteiger partial charge in [0.2, 0.25) is 5.91 Å². The molecule has 6 N–H and O–H groups in total. The average Bonchev–Trinajstić information content (AvgIpc) is 3.02. The lowest BCUT2D eigenvalue weighted by molar-refractivity contribution is -0.302. The zero-order valence-electron chi connectivity index (χ0n) is 59.6. The number of carbonyl (C=O) groups excluding carboxylic acids is 2. The number of rotatable bonds is 70. The molecule has 1 saturated heterocycles. The fourth-order valence-electron chi connectivity index (χ4n) is 12.5. The molecule has 7 atom stereocenters. The van der Waals surface area contributed by atoms with Crippen LogP contribution in [-0.2, 0) is 23.8 Å². The zero-order valence-corrected chi connectivity index (χ0v) is 59.6. The lowest BCUT2D eigenvalue weighted by atomic mass is 9.99. The first-order valence-corrected chi connectivity index (χ1v) is 39.4. The number of unbranched alkanes of at least 4 members (excludes halogenated alkanes) is 50. The van der Waals surface area contributed by atoms with Crippen molar-refractivity contribution in [3.63, 3.8) is 0 Å². The van der Waals surface area contributed by atoms with E-state index < -0.39 is 49.5 Å². The van der Waals surface area contributed by atoms with Crippen molar-refractivity contribution in [1.29, 1.82) is 0 Å². The SMILES string of the molecule is CCCCCC/C=C/CC/C=C/C(O)C(COC1OC(CO)C(O)C(O)C1O)NC(=O)CCCCCCCCCCCCCCCCCCC/C=C\C/C=C\CCCCCCCCCCCCCOC(=O)CCCCCCCCCCCCCCCCCCCC. The molecule has 1 aliphatic heterocycles. The first-order chi connectivity index (χ1) is 44.7. The van der Waals surface area contributed by atoms with Crippen molar-refractivity contribution in [2.24, 2.45) is 0 Å². The van der Waals surface area contributed by atoms with Crippen molar-refractivity contribution in [3.8, 4) is 0 Å². The number of nitrogens with one attached hydrogen (secondary N) is 1. The van der Waals surface area contributed by atoms with Gasteiger partial charge in [0.05, 0.1) is 32.0 Å². The zero-order chi connectivity index (χ0) is 65.8. The van der Waals surface area contributed by atoms with Crippen molar-refractivity contribution in [1.82, 2.24) is 5.32 Å². The summed E-state index contributed by atoms with van der Waals surface area (Å²) in [6.07, 6.45) is 81.6. The highest BCUT2D eigenvalue weighted by molar-refractivity contribution is 5.76. The third kappa shape index (κ3) is 57.6. The third-order valence-electron chi connectivity index (χ3n) is 18.7. The number of allylic oxidation sites excluding steroid dienone is 7. The van der Waals surface area contributed by atoms with Crippen LogP contribution in [0.2, 0.25) is 0 Å². The quantitative estimate of drug-likeness (QED) is 0.0195. The van der Waals surface area contributed by atoms with Crippen LogP contribution in [0.4, 0.5) is 0 Å². The van der Waals surface area contributed by atoms with Crippen molar-refractivity contribution in [3.05, 3.63) is 48.6 Å². The summed E-state index contributed by atoms with van der Waals surface area (Å²) in [4.78, 5) is 25.2. The van der Waals surface area contributed by atoms with Crippen LogP contribution in [0.25, 0.3) is 0 Å². The van der Waals surface area contributed by atoms with Crippen molar-refractivity contribution in [2.75, 3.05) is 19.8 Å². The number of aliphatic hydroxyl groups excluding tert-OH is 5. The molecule has 91 heavy (non-hydrogen) atoms. The van der Waals surface area contributed by atoms with Crippen LogP contribution in [0.3, 0.4) is 0 Å². The third-order valence-corrected chi connectivity index (χ3v) is 18.7. The lowest BCUT2D eigenvalue weighted by Gasteiger charge is -2.40. The van der Waals surface area contributed by atoms with Gasteiger partial charge in [-0.3, -0.25) is 9.59 Å². The normalized spacial score (nSPS) is 17.8. The fourth-order valence-corrected chi connectivity index (χ4v) is 12.5. The summed E-state index contributed by atoms with van der Waals surface area (Å²) in [5.41, 5.74) is 0. The maximum absolute atomic E-state index is 13.0. The van der Waals surface area contributed by atoms with Gasteiger partial charge in [-0.2, -0.15) is 0 Å². The molecule has 0 saturated carbocycles. The number of esters is 1. The lowest BCUT2D eigenvalue weighted by Crippen LogP contribution is -2.60. The monoisotopic (exact) mass is 1280 g/mol. The molecule has 7 unspecified atom stereocenters. The molecular formula is C80H149NO10. The van der Waals surface area contributed by atoms with E-state index >= 15 is 0 Å². The van der Waals surface area contributed by atoms with Crippen LogP contribution in [0.1, 0.15) is 386 Å². The minimum absolute atomic E-state index is 0.0148. The van der Waals surface area contributed by atoms with E-state index in [1.54, 1.807) is 6.08 Å². The molecule has 11 nitrogen and oxygen atoms in total. The van der Waals surface area contributed by atoms with E-state index in [1.165, 1.54) is 302 Å². The molecule has 0 aromatic heterocycles. The molecule has 534 valence electrons. The average molecular weight is 1290 g/mol. The topological polar surface area (TPSA) is 175 Å². The second kappa shape index (κ2) is 69.0. The first-order valence-electron chi connectivity index (χ1n) is 39.4. The molecule has 1 amide bonds. The van der Waals surface area contributed by atoms with Crippen LogP contribution >= 0.6 is 0 Å². The van der Waals surface area contributed by atoms with E-state index in [1.807, 2.05) is 6.08 Å². The number of aliphatic hydroxyl groups is 5. The Bertz CT molecular complexity index is 1650. The smallest absolute Gasteiger partial charge is 0.305 e.